The summed E-state index contributed by atoms with van der Waals surface area (Å²) < 4.78 is 13.0. The van der Waals surface area contributed by atoms with Crippen LogP contribution in [0, 0.1) is 6.92 Å². The molecule has 1 atom stereocenters. The van der Waals surface area contributed by atoms with Crippen LogP contribution >= 0.6 is 23.1 Å². The molecule has 2 aromatic rings. The first kappa shape index (κ1) is 18.9. The second kappa shape index (κ2) is 8.66. The predicted octanol–water partition coefficient (Wildman–Crippen LogP) is 3.64. The molecule has 0 bridgehead atoms. The van der Waals surface area contributed by atoms with Gasteiger partial charge in [0, 0.05) is 23.8 Å². The Labute approximate surface area is 156 Å². The number of rotatable bonds is 8. The van der Waals surface area contributed by atoms with Crippen molar-refractivity contribution < 1.29 is 9.47 Å². The van der Waals surface area contributed by atoms with Crippen molar-refractivity contribution in [1.29, 1.82) is 0 Å². The van der Waals surface area contributed by atoms with Gasteiger partial charge in [-0.05, 0) is 38.7 Å². The summed E-state index contributed by atoms with van der Waals surface area (Å²) in [6.07, 6.45) is 3.06. The number of hydrogen-bond acceptors (Lipinski definition) is 6. The lowest BCUT2D eigenvalue weighted by atomic mass is 10.1. The Kier molecular flexibility index (Phi) is 6.55. The molecule has 2 aromatic heterocycles. The van der Waals surface area contributed by atoms with E-state index >= 15 is 0 Å². The number of ether oxygens (including phenoxy) is 2. The average Bonchev–Trinajstić information content (AvgIpc) is 3.21. The van der Waals surface area contributed by atoms with Crippen molar-refractivity contribution in [3.05, 3.63) is 20.8 Å². The molecular weight excluding hydrogens is 356 g/mol. The first-order chi connectivity index (χ1) is 12.2. The van der Waals surface area contributed by atoms with E-state index in [0.29, 0.717) is 19.8 Å². The molecule has 0 amide bonds. The Morgan fingerprint density at radius 2 is 2.28 bits per heavy atom. The first-order valence-electron chi connectivity index (χ1n) is 9.00. The highest BCUT2D eigenvalue weighted by Crippen LogP contribution is 2.30. The van der Waals surface area contributed by atoms with Gasteiger partial charge in [-0.3, -0.25) is 9.36 Å². The topological polar surface area (TPSA) is 53.3 Å². The number of nitrogens with zero attached hydrogens (tertiary/aromatic N) is 2. The summed E-state index contributed by atoms with van der Waals surface area (Å²) >= 11 is 3.23. The molecule has 0 aromatic carbocycles. The summed E-state index contributed by atoms with van der Waals surface area (Å²) in [5, 5.41) is 1.59. The second-order valence-corrected chi connectivity index (χ2v) is 8.43. The minimum atomic E-state index is 0.0839. The number of thiophene rings is 1. The summed E-state index contributed by atoms with van der Waals surface area (Å²) in [7, 11) is 0. The van der Waals surface area contributed by atoms with E-state index in [1.807, 2.05) is 11.5 Å². The SMILES string of the molecule is CCOCCSc1nc2sc(C)c(CC)c2c(=O)n1CC1CCCO1. The summed E-state index contributed by atoms with van der Waals surface area (Å²) in [6, 6.07) is 0. The van der Waals surface area contributed by atoms with E-state index in [4.69, 9.17) is 14.5 Å². The fourth-order valence-corrected chi connectivity index (χ4v) is 5.27. The van der Waals surface area contributed by atoms with Crippen LogP contribution in [0.1, 0.15) is 37.1 Å². The van der Waals surface area contributed by atoms with Crippen LogP contribution in [0.25, 0.3) is 10.2 Å². The number of aromatic nitrogens is 2. The zero-order chi connectivity index (χ0) is 17.8. The number of hydrogen-bond donors (Lipinski definition) is 0. The van der Waals surface area contributed by atoms with E-state index in [9.17, 15) is 4.79 Å². The van der Waals surface area contributed by atoms with Crippen LogP contribution in [0.15, 0.2) is 9.95 Å². The van der Waals surface area contributed by atoms with Crippen LogP contribution in [0.2, 0.25) is 0 Å². The van der Waals surface area contributed by atoms with Crippen LogP contribution in [-0.2, 0) is 22.4 Å². The molecule has 1 aliphatic heterocycles. The molecule has 1 aliphatic rings. The molecule has 7 heteroatoms. The summed E-state index contributed by atoms with van der Waals surface area (Å²) in [4.78, 5) is 20.1. The minimum Gasteiger partial charge on any atom is -0.381 e. The molecule has 1 fully saturated rings. The van der Waals surface area contributed by atoms with Crippen LogP contribution in [0.5, 0.6) is 0 Å². The zero-order valence-electron chi connectivity index (χ0n) is 15.2. The molecular formula is C18H26N2O3S2. The largest absolute Gasteiger partial charge is 0.381 e. The molecule has 0 saturated carbocycles. The van der Waals surface area contributed by atoms with E-state index in [1.54, 1.807) is 23.1 Å². The van der Waals surface area contributed by atoms with Crippen molar-refractivity contribution >= 4 is 33.3 Å². The number of aryl methyl sites for hydroxylation is 2. The van der Waals surface area contributed by atoms with Crippen molar-refractivity contribution in [2.45, 2.75) is 57.8 Å². The molecule has 25 heavy (non-hydrogen) atoms. The maximum absolute atomic E-state index is 13.2. The molecule has 0 aliphatic carbocycles. The third-order valence-electron chi connectivity index (χ3n) is 4.50. The summed E-state index contributed by atoms with van der Waals surface area (Å²) in [5.41, 5.74) is 1.23. The minimum absolute atomic E-state index is 0.0839. The van der Waals surface area contributed by atoms with E-state index in [1.165, 1.54) is 4.88 Å². The van der Waals surface area contributed by atoms with E-state index in [2.05, 4.69) is 13.8 Å². The van der Waals surface area contributed by atoms with Crippen LogP contribution in [0.3, 0.4) is 0 Å². The Morgan fingerprint density at radius 1 is 1.44 bits per heavy atom. The van der Waals surface area contributed by atoms with Crippen LogP contribution in [0.4, 0.5) is 0 Å². The van der Waals surface area contributed by atoms with Crippen molar-refractivity contribution in [3.63, 3.8) is 0 Å². The molecule has 3 rings (SSSR count). The quantitative estimate of drug-likeness (QED) is 0.396. The highest BCUT2D eigenvalue weighted by atomic mass is 32.2. The fourth-order valence-electron chi connectivity index (χ4n) is 3.26. The maximum atomic E-state index is 13.2. The number of thioether (sulfide) groups is 1. The first-order valence-corrected chi connectivity index (χ1v) is 10.8. The van der Waals surface area contributed by atoms with Crippen LogP contribution in [-0.4, -0.2) is 41.2 Å². The van der Waals surface area contributed by atoms with E-state index in [-0.39, 0.29) is 11.7 Å². The monoisotopic (exact) mass is 382 g/mol. The highest BCUT2D eigenvalue weighted by Gasteiger charge is 2.22. The third kappa shape index (κ3) is 4.10. The Hall–Kier alpha value is -0.890. The van der Waals surface area contributed by atoms with Gasteiger partial charge in [-0.2, -0.15) is 0 Å². The van der Waals surface area contributed by atoms with Crippen molar-refractivity contribution in [1.82, 2.24) is 9.55 Å². The zero-order valence-corrected chi connectivity index (χ0v) is 16.8. The highest BCUT2D eigenvalue weighted by molar-refractivity contribution is 7.99. The third-order valence-corrected chi connectivity index (χ3v) is 6.49. The number of fused-ring (bicyclic) bond motifs is 1. The lowest BCUT2D eigenvalue weighted by Gasteiger charge is -2.16. The maximum Gasteiger partial charge on any atom is 0.263 e. The van der Waals surface area contributed by atoms with Gasteiger partial charge in [-0.15, -0.1) is 11.3 Å². The molecule has 3 heterocycles. The van der Waals surface area contributed by atoms with Gasteiger partial charge in [0.25, 0.3) is 5.56 Å². The van der Waals surface area contributed by atoms with Gasteiger partial charge in [0.05, 0.1) is 24.6 Å². The predicted molar refractivity (Wildman–Crippen MR) is 104 cm³/mol. The molecule has 0 N–H and O–H groups in total. The van der Waals surface area contributed by atoms with E-state index in [0.717, 1.165) is 52.6 Å². The van der Waals surface area contributed by atoms with Crippen molar-refractivity contribution in [3.8, 4) is 0 Å². The van der Waals surface area contributed by atoms with Crippen LogP contribution < -0.4 is 5.56 Å². The fraction of sp³-hybridized carbons (Fsp3) is 0.667. The standard InChI is InChI=1S/C18H26N2O3S2/c1-4-14-12(3)25-16-15(14)17(21)20(11-13-7-6-8-23-13)18(19-16)24-10-9-22-5-2/h13H,4-11H2,1-3H3. The van der Waals surface area contributed by atoms with Gasteiger partial charge in [0.1, 0.15) is 4.83 Å². The molecule has 0 radical (unpaired) electrons. The Balaban J connectivity index is 1.99. The van der Waals surface area contributed by atoms with E-state index < -0.39 is 0 Å². The Morgan fingerprint density at radius 3 is 2.96 bits per heavy atom. The lowest BCUT2D eigenvalue weighted by molar-refractivity contribution is 0.0937. The molecule has 1 saturated heterocycles. The molecule has 1 unspecified atom stereocenters. The second-order valence-electron chi connectivity index (χ2n) is 6.16. The lowest BCUT2D eigenvalue weighted by Crippen LogP contribution is -2.29. The molecule has 0 spiro atoms. The molecule has 5 nitrogen and oxygen atoms in total. The van der Waals surface area contributed by atoms with Gasteiger partial charge in [-0.1, -0.05) is 18.7 Å². The summed E-state index contributed by atoms with van der Waals surface area (Å²) in [5.74, 6) is 0.794. The van der Waals surface area contributed by atoms with Gasteiger partial charge in [0.2, 0.25) is 0 Å². The van der Waals surface area contributed by atoms with Crippen molar-refractivity contribution in [2.24, 2.45) is 0 Å². The normalized spacial score (nSPS) is 17.6. The average molecular weight is 383 g/mol. The van der Waals surface area contributed by atoms with Gasteiger partial charge in [0.15, 0.2) is 5.16 Å². The van der Waals surface area contributed by atoms with Gasteiger partial charge >= 0.3 is 0 Å². The van der Waals surface area contributed by atoms with Gasteiger partial charge < -0.3 is 9.47 Å². The summed E-state index contributed by atoms with van der Waals surface area (Å²) in [6.45, 7) is 8.93. The van der Waals surface area contributed by atoms with Crippen molar-refractivity contribution in [2.75, 3.05) is 25.6 Å². The Bertz CT molecular complexity index is 779. The van der Waals surface area contributed by atoms with Gasteiger partial charge in [-0.25, -0.2) is 4.98 Å². The smallest absolute Gasteiger partial charge is 0.263 e. The molecule has 138 valence electrons.